The van der Waals surface area contributed by atoms with E-state index < -0.39 is 0 Å². The Morgan fingerprint density at radius 3 is 2.87 bits per heavy atom. The number of fused-ring (bicyclic) bond motifs is 1. The van der Waals surface area contributed by atoms with Gasteiger partial charge in [0.2, 0.25) is 16.2 Å². The minimum Gasteiger partial charge on any atom is -0.501 e. The minimum absolute atomic E-state index is 0.291. The Hall–Kier alpha value is -1.55. The Morgan fingerprint density at radius 1 is 1.40 bits per heavy atom. The zero-order valence-electron chi connectivity index (χ0n) is 8.19. The van der Waals surface area contributed by atoms with E-state index in [1.807, 2.05) is 19.1 Å². The van der Waals surface area contributed by atoms with E-state index in [9.17, 15) is 9.90 Å². The maximum Gasteiger partial charge on any atom is 0.233 e. The van der Waals surface area contributed by atoms with Gasteiger partial charge in [0.25, 0.3) is 0 Å². The van der Waals surface area contributed by atoms with Crippen LogP contribution in [0.1, 0.15) is 6.92 Å². The predicted octanol–water partition coefficient (Wildman–Crippen LogP) is 2.37. The van der Waals surface area contributed by atoms with Gasteiger partial charge in [0.15, 0.2) is 0 Å². The van der Waals surface area contributed by atoms with Crippen LogP contribution in [-0.4, -0.2) is 11.7 Å². The second-order valence-corrected chi connectivity index (χ2v) is 4.01. The lowest BCUT2D eigenvalue weighted by Gasteiger charge is -2.05. The van der Waals surface area contributed by atoms with Crippen LogP contribution in [0.25, 0.3) is 10.1 Å². The highest BCUT2D eigenvalue weighted by Gasteiger charge is 2.11. The fraction of sp³-hybridized carbons (Fsp3) is 0.182. The lowest BCUT2D eigenvalue weighted by atomic mass is 10.2. The number of aromatic hydroxyl groups is 1. The molecule has 0 radical (unpaired) electrons. The topological polar surface area (TPSA) is 46.5 Å². The minimum atomic E-state index is -0.368. The fourth-order valence-electron chi connectivity index (χ4n) is 1.34. The van der Waals surface area contributed by atoms with Gasteiger partial charge in [0, 0.05) is 10.1 Å². The van der Waals surface area contributed by atoms with E-state index in [0.717, 1.165) is 4.70 Å². The molecule has 4 heteroatoms. The molecular weight excluding hydrogens is 212 g/mol. The Morgan fingerprint density at radius 2 is 2.13 bits per heavy atom. The molecule has 1 aromatic heterocycles. The van der Waals surface area contributed by atoms with Gasteiger partial charge in [0.05, 0.1) is 6.61 Å². The van der Waals surface area contributed by atoms with Gasteiger partial charge in [0.1, 0.15) is 0 Å². The number of ether oxygens (including phenoxy) is 1. The molecule has 0 spiro atoms. The third-order valence-corrected chi connectivity index (χ3v) is 3.09. The summed E-state index contributed by atoms with van der Waals surface area (Å²) in [5, 5.41) is 10.4. The first kappa shape index (κ1) is 9.98. The maximum absolute atomic E-state index is 11.7. The monoisotopic (exact) mass is 222 g/mol. The van der Waals surface area contributed by atoms with Crippen molar-refractivity contribution in [1.29, 1.82) is 0 Å². The summed E-state index contributed by atoms with van der Waals surface area (Å²) in [5.74, 6) is -0.291. The van der Waals surface area contributed by atoms with E-state index in [2.05, 4.69) is 0 Å². The second-order valence-electron chi connectivity index (χ2n) is 3.00. The van der Waals surface area contributed by atoms with Gasteiger partial charge in [-0.3, -0.25) is 4.79 Å². The van der Waals surface area contributed by atoms with Crippen molar-refractivity contribution in [2.75, 3.05) is 6.61 Å². The van der Waals surface area contributed by atoms with Crippen molar-refractivity contribution in [1.82, 2.24) is 0 Å². The summed E-state index contributed by atoms with van der Waals surface area (Å²) in [6, 6.07) is 7.16. The van der Waals surface area contributed by atoms with E-state index in [1.165, 1.54) is 11.3 Å². The Labute approximate surface area is 90.6 Å². The number of hydrogen-bond donors (Lipinski definition) is 1. The van der Waals surface area contributed by atoms with Crippen molar-refractivity contribution in [3.63, 3.8) is 0 Å². The second kappa shape index (κ2) is 3.90. The van der Waals surface area contributed by atoms with Gasteiger partial charge in [-0.05, 0) is 19.1 Å². The molecule has 78 valence electrons. The summed E-state index contributed by atoms with van der Waals surface area (Å²) in [5.41, 5.74) is -0.368. The maximum atomic E-state index is 11.7. The van der Waals surface area contributed by atoms with Gasteiger partial charge in [-0.25, -0.2) is 0 Å². The van der Waals surface area contributed by atoms with Crippen molar-refractivity contribution < 1.29 is 9.84 Å². The van der Waals surface area contributed by atoms with E-state index in [-0.39, 0.29) is 11.2 Å². The molecule has 1 N–H and O–H groups in total. The molecule has 1 heterocycles. The number of rotatable bonds is 2. The molecule has 0 aliphatic heterocycles. The lowest BCUT2D eigenvalue weighted by Crippen LogP contribution is -2.02. The molecule has 0 bridgehead atoms. The van der Waals surface area contributed by atoms with Gasteiger partial charge in [-0.15, -0.1) is 0 Å². The summed E-state index contributed by atoms with van der Waals surface area (Å²) in [6.45, 7) is 2.24. The predicted molar refractivity (Wildman–Crippen MR) is 60.9 cm³/mol. The van der Waals surface area contributed by atoms with E-state index in [0.29, 0.717) is 17.1 Å². The van der Waals surface area contributed by atoms with Crippen LogP contribution in [-0.2, 0) is 0 Å². The van der Waals surface area contributed by atoms with Crippen molar-refractivity contribution in [2.45, 2.75) is 6.92 Å². The van der Waals surface area contributed by atoms with E-state index >= 15 is 0 Å². The van der Waals surface area contributed by atoms with Crippen molar-refractivity contribution in [2.24, 2.45) is 0 Å². The van der Waals surface area contributed by atoms with Crippen LogP contribution < -0.4 is 10.2 Å². The van der Waals surface area contributed by atoms with Crippen LogP contribution in [0.15, 0.2) is 29.1 Å². The molecule has 2 aromatic rings. The molecule has 0 fully saturated rings. The molecule has 0 aliphatic carbocycles. The van der Waals surface area contributed by atoms with Crippen molar-refractivity contribution in [3.05, 3.63) is 34.5 Å². The lowest BCUT2D eigenvalue weighted by molar-refractivity contribution is 0.327. The molecule has 0 aliphatic rings. The summed E-state index contributed by atoms with van der Waals surface area (Å²) in [6.07, 6.45) is 0. The zero-order valence-corrected chi connectivity index (χ0v) is 9.00. The van der Waals surface area contributed by atoms with Crippen LogP contribution in [0, 0.1) is 0 Å². The molecule has 0 amide bonds. The molecule has 0 unspecified atom stereocenters. The summed E-state index contributed by atoms with van der Waals surface area (Å²) < 4.78 is 6.02. The molecule has 3 nitrogen and oxygen atoms in total. The fourth-order valence-corrected chi connectivity index (χ4v) is 2.32. The van der Waals surface area contributed by atoms with Crippen LogP contribution in [0.2, 0.25) is 0 Å². The van der Waals surface area contributed by atoms with Crippen molar-refractivity contribution >= 4 is 21.4 Å². The smallest absolute Gasteiger partial charge is 0.233 e. The van der Waals surface area contributed by atoms with Crippen molar-refractivity contribution in [3.8, 4) is 10.8 Å². The normalized spacial score (nSPS) is 10.5. The quantitative estimate of drug-likeness (QED) is 0.848. The average Bonchev–Trinajstić information content (AvgIpc) is 2.26. The van der Waals surface area contributed by atoms with Gasteiger partial charge >= 0.3 is 0 Å². The molecule has 0 saturated heterocycles. The van der Waals surface area contributed by atoms with E-state index in [1.54, 1.807) is 12.1 Å². The summed E-state index contributed by atoms with van der Waals surface area (Å²) in [4.78, 5) is 11.7. The molecule has 1 aromatic carbocycles. The largest absolute Gasteiger partial charge is 0.501 e. The van der Waals surface area contributed by atoms with E-state index in [4.69, 9.17) is 4.74 Å². The first-order valence-corrected chi connectivity index (χ1v) is 5.43. The van der Waals surface area contributed by atoms with Crippen LogP contribution in [0.3, 0.4) is 0 Å². The Balaban J connectivity index is 2.77. The average molecular weight is 222 g/mol. The molecule has 2 rings (SSSR count). The summed E-state index contributed by atoms with van der Waals surface area (Å²) >= 11 is 1.28. The zero-order chi connectivity index (χ0) is 10.8. The highest BCUT2D eigenvalue weighted by Crippen LogP contribution is 2.32. The van der Waals surface area contributed by atoms with Gasteiger partial charge in [-0.2, -0.15) is 0 Å². The third kappa shape index (κ3) is 1.68. The van der Waals surface area contributed by atoms with Gasteiger partial charge in [-0.1, -0.05) is 23.5 Å². The standard InChI is InChI=1S/C11H10O3S/c1-2-14-11-10(13)9(12)7-5-3-4-6-8(7)15-11/h3-6,13H,2H2,1H3. The third-order valence-electron chi connectivity index (χ3n) is 2.02. The highest BCUT2D eigenvalue weighted by atomic mass is 32.1. The molecule has 0 atom stereocenters. The first-order valence-electron chi connectivity index (χ1n) is 4.61. The molecule has 0 saturated carbocycles. The highest BCUT2D eigenvalue weighted by molar-refractivity contribution is 7.20. The number of benzene rings is 1. The first-order chi connectivity index (χ1) is 7.24. The van der Waals surface area contributed by atoms with Crippen LogP contribution >= 0.6 is 11.3 Å². The van der Waals surface area contributed by atoms with Crippen LogP contribution in [0.5, 0.6) is 10.8 Å². The number of hydrogen-bond acceptors (Lipinski definition) is 4. The van der Waals surface area contributed by atoms with Gasteiger partial charge < -0.3 is 9.84 Å². The Kier molecular flexibility index (Phi) is 2.60. The van der Waals surface area contributed by atoms with Crippen LogP contribution in [0.4, 0.5) is 0 Å². The molecule has 15 heavy (non-hydrogen) atoms. The SMILES string of the molecule is CCOc1sc2ccccc2c(=O)c1O. The molecular formula is C11H10O3S. The summed E-state index contributed by atoms with van der Waals surface area (Å²) in [7, 11) is 0. The Bertz CT molecular complexity index is 545.